The molecule has 2 aromatic heterocycles. The minimum atomic E-state index is -0.370. The molecule has 0 unspecified atom stereocenters. The van der Waals surface area contributed by atoms with Gasteiger partial charge in [-0.2, -0.15) is 0 Å². The highest BCUT2D eigenvalue weighted by molar-refractivity contribution is 7.17. The van der Waals surface area contributed by atoms with Crippen molar-refractivity contribution in [2.24, 2.45) is 0 Å². The Balaban J connectivity index is 1.80. The molecule has 0 saturated carbocycles. The first-order valence-corrected chi connectivity index (χ1v) is 9.71. The Hall–Kier alpha value is -2.71. The van der Waals surface area contributed by atoms with Gasteiger partial charge in [0.1, 0.15) is 10.8 Å². The van der Waals surface area contributed by atoms with E-state index in [0.717, 1.165) is 11.3 Å². The molecule has 3 aromatic rings. The maximum absolute atomic E-state index is 13.9. The first-order chi connectivity index (χ1) is 12.9. The van der Waals surface area contributed by atoms with Crippen molar-refractivity contribution in [3.05, 3.63) is 57.8 Å². The van der Waals surface area contributed by atoms with E-state index in [1.165, 1.54) is 35.3 Å². The van der Waals surface area contributed by atoms with Gasteiger partial charge in [-0.15, -0.1) is 22.7 Å². The standard InChI is InChI=1S/C19H16FN3O2S2/c1-11-17(27-18(21-11)14-6-4-5-7-15(14)20)16(25)9-8-13-10-26-19(22-13)23(3)12(2)24/h4-10H,1-3H3/b9-8+. The van der Waals surface area contributed by atoms with Crippen LogP contribution >= 0.6 is 22.7 Å². The Labute approximate surface area is 163 Å². The largest absolute Gasteiger partial charge is 0.291 e. The van der Waals surface area contributed by atoms with E-state index in [2.05, 4.69) is 9.97 Å². The number of hydrogen-bond acceptors (Lipinski definition) is 6. The molecular weight excluding hydrogens is 385 g/mol. The third-order valence-electron chi connectivity index (χ3n) is 3.80. The van der Waals surface area contributed by atoms with Crippen molar-refractivity contribution in [2.45, 2.75) is 13.8 Å². The van der Waals surface area contributed by atoms with Gasteiger partial charge in [0.25, 0.3) is 0 Å². The Bertz CT molecular complexity index is 1040. The van der Waals surface area contributed by atoms with E-state index in [1.54, 1.807) is 43.6 Å². The van der Waals surface area contributed by atoms with Crippen LogP contribution in [0.2, 0.25) is 0 Å². The van der Waals surface area contributed by atoms with Crippen molar-refractivity contribution >= 4 is 45.6 Å². The Morgan fingerprint density at radius 2 is 1.96 bits per heavy atom. The summed E-state index contributed by atoms with van der Waals surface area (Å²) in [6, 6.07) is 6.35. The lowest BCUT2D eigenvalue weighted by Crippen LogP contribution is -2.22. The molecule has 1 aromatic carbocycles. The monoisotopic (exact) mass is 401 g/mol. The van der Waals surface area contributed by atoms with Crippen molar-refractivity contribution in [3.63, 3.8) is 0 Å². The summed E-state index contributed by atoms with van der Waals surface area (Å²) >= 11 is 2.48. The van der Waals surface area contributed by atoms with Crippen molar-refractivity contribution in [1.82, 2.24) is 9.97 Å². The maximum atomic E-state index is 13.9. The lowest BCUT2D eigenvalue weighted by molar-refractivity contribution is -0.116. The number of hydrogen-bond donors (Lipinski definition) is 0. The molecular formula is C19H16FN3O2S2. The number of thiazole rings is 2. The number of nitrogens with zero attached hydrogens (tertiary/aromatic N) is 3. The highest BCUT2D eigenvalue weighted by Gasteiger charge is 2.16. The summed E-state index contributed by atoms with van der Waals surface area (Å²) in [5, 5.41) is 2.80. The summed E-state index contributed by atoms with van der Waals surface area (Å²) in [6.45, 7) is 3.19. The molecule has 5 nitrogen and oxygen atoms in total. The fraction of sp³-hybridized carbons (Fsp3) is 0.158. The number of allylic oxidation sites excluding steroid dienone is 1. The van der Waals surface area contributed by atoms with E-state index >= 15 is 0 Å². The normalized spacial score (nSPS) is 11.1. The maximum Gasteiger partial charge on any atom is 0.225 e. The lowest BCUT2D eigenvalue weighted by atomic mass is 10.2. The third kappa shape index (κ3) is 4.17. The zero-order valence-corrected chi connectivity index (χ0v) is 16.5. The van der Waals surface area contributed by atoms with Gasteiger partial charge in [-0.3, -0.25) is 14.5 Å². The summed E-state index contributed by atoms with van der Waals surface area (Å²) in [7, 11) is 1.64. The average molecular weight is 401 g/mol. The number of benzene rings is 1. The molecule has 3 rings (SSSR count). The molecule has 2 heterocycles. The molecule has 0 atom stereocenters. The van der Waals surface area contributed by atoms with Crippen LogP contribution in [0.1, 0.15) is 28.0 Å². The minimum absolute atomic E-state index is 0.114. The van der Waals surface area contributed by atoms with E-state index in [1.807, 2.05) is 0 Å². The quantitative estimate of drug-likeness (QED) is 0.463. The van der Waals surface area contributed by atoms with Gasteiger partial charge in [0.15, 0.2) is 10.9 Å². The Kier molecular flexibility index (Phi) is 5.57. The van der Waals surface area contributed by atoms with E-state index < -0.39 is 0 Å². The molecule has 0 N–H and O–H groups in total. The molecule has 0 aliphatic rings. The summed E-state index contributed by atoms with van der Waals surface area (Å²) < 4.78 is 13.9. The number of aromatic nitrogens is 2. The Morgan fingerprint density at radius 3 is 2.67 bits per heavy atom. The van der Waals surface area contributed by atoms with Crippen molar-refractivity contribution in [3.8, 4) is 10.6 Å². The van der Waals surface area contributed by atoms with E-state index in [4.69, 9.17) is 0 Å². The number of halogens is 1. The molecule has 0 aliphatic heterocycles. The van der Waals surface area contributed by atoms with Gasteiger partial charge in [-0.05, 0) is 31.2 Å². The van der Waals surface area contributed by atoms with E-state index in [-0.39, 0.29) is 17.5 Å². The van der Waals surface area contributed by atoms with Crippen molar-refractivity contribution < 1.29 is 14.0 Å². The van der Waals surface area contributed by atoms with Crippen molar-refractivity contribution in [2.75, 3.05) is 11.9 Å². The SMILES string of the molecule is CC(=O)N(C)c1nc(/C=C/C(=O)c2sc(-c3ccccc3F)nc2C)cs1. The number of anilines is 1. The molecule has 0 bridgehead atoms. The van der Waals surface area contributed by atoms with Gasteiger partial charge >= 0.3 is 0 Å². The molecule has 0 fully saturated rings. The van der Waals surface area contributed by atoms with Crippen LogP contribution < -0.4 is 4.90 Å². The van der Waals surface area contributed by atoms with Crippen LogP contribution in [-0.2, 0) is 4.79 Å². The molecule has 0 saturated heterocycles. The number of aryl methyl sites for hydroxylation is 1. The molecule has 138 valence electrons. The molecule has 1 amide bonds. The highest BCUT2D eigenvalue weighted by atomic mass is 32.1. The number of carbonyl (C=O) groups is 2. The molecule has 27 heavy (non-hydrogen) atoms. The fourth-order valence-electron chi connectivity index (χ4n) is 2.25. The van der Waals surface area contributed by atoms with Gasteiger partial charge < -0.3 is 0 Å². The summed E-state index contributed by atoms with van der Waals surface area (Å²) in [6.07, 6.45) is 3.01. The van der Waals surface area contributed by atoms with Crippen LogP contribution in [0.3, 0.4) is 0 Å². The topological polar surface area (TPSA) is 63.2 Å². The smallest absolute Gasteiger partial charge is 0.225 e. The van der Waals surface area contributed by atoms with Gasteiger partial charge in [0.2, 0.25) is 5.91 Å². The Morgan fingerprint density at radius 1 is 1.22 bits per heavy atom. The van der Waals surface area contributed by atoms with Gasteiger partial charge in [0.05, 0.1) is 16.3 Å². The van der Waals surface area contributed by atoms with Crippen LogP contribution in [0.4, 0.5) is 9.52 Å². The number of ketones is 1. The van der Waals surface area contributed by atoms with E-state index in [9.17, 15) is 14.0 Å². The molecule has 0 radical (unpaired) electrons. The number of carbonyl (C=O) groups excluding carboxylic acids is 2. The summed E-state index contributed by atoms with van der Waals surface area (Å²) in [5.41, 5.74) is 1.53. The van der Waals surface area contributed by atoms with Gasteiger partial charge in [0, 0.05) is 24.9 Å². The summed E-state index contributed by atoms with van der Waals surface area (Å²) in [4.78, 5) is 34.4. The summed E-state index contributed by atoms with van der Waals surface area (Å²) in [5.74, 6) is -0.704. The van der Waals surface area contributed by atoms with Crippen LogP contribution in [0, 0.1) is 12.7 Å². The fourth-order valence-corrected chi connectivity index (χ4v) is 4.07. The van der Waals surface area contributed by atoms with E-state index in [0.29, 0.717) is 32.0 Å². The number of amides is 1. The first kappa shape index (κ1) is 19.1. The van der Waals surface area contributed by atoms with Crippen LogP contribution in [0.5, 0.6) is 0 Å². The van der Waals surface area contributed by atoms with Crippen LogP contribution in [0.15, 0.2) is 35.7 Å². The zero-order chi connectivity index (χ0) is 19.6. The minimum Gasteiger partial charge on any atom is -0.291 e. The van der Waals surface area contributed by atoms with Gasteiger partial charge in [-0.1, -0.05) is 12.1 Å². The van der Waals surface area contributed by atoms with Gasteiger partial charge in [-0.25, -0.2) is 14.4 Å². The second kappa shape index (κ2) is 7.89. The predicted molar refractivity (Wildman–Crippen MR) is 107 cm³/mol. The molecule has 0 aliphatic carbocycles. The molecule has 8 heteroatoms. The zero-order valence-electron chi connectivity index (χ0n) is 14.9. The molecule has 0 spiro atoms. The second-order valence-electron chi connectivity index (χ2n) is 5.74. The van der Waals surface area contributed by atoms with Crippen LogP contribution in [-0.4, -0.2) is 28.7 Å². The first-order valence-electron chi connectivity index (χ1n) is 8.01. The average Bonchev–Trinajstić information content (AvgIpc) is 3.26. The third-order valence-corrected chi connectivity index (χ3v) is 5.94. The predicted octanol–water partition coefficient (Wildman–Crippen LogP) is 4.59. The number of rotatable bonds is 5. The van der Waals surface area contributed by atoms with Crippen molar-refractivity contribution in [1.29, 1.82) is 0 Å². The highest BCUT2D eigenvalue weighted by Crippen LogP contribution is 2.30. The second-order valence-corrected chi connectivity index (χ2v) is 7.58. The lowest BCUT2D eigenvalue weighted by Gasteiger charge is -2.09. The van der Waals surface area contributed by atoms with Crippen LogP contribution in [0.25, 0.3) is 16.6 Å².